The van der Waals surface area contributed by atoms with Crippen LogP contribution in [0.1, 0.15) is 5.56 Å². The minimum absolute atomic E-state index is 0.145. The van der Waals surface area contributed by atoms with E-state index in [2.05, 4.69) is 10.2 Å². The van der Waals surface area contributed by atoms with Crippen LogP contribution in [-0.4, -0.2) is 29.3 Å². The summed E-state index contributed by atoms with van der Waals surface area (Å²) in [6, 6.07) is 8.92. The molecule has 2 aliphatic heterocycles. The van der Waals surface area contributed by atoms with Gasteiger partial charge in [0.1, 0.15) is 0 Å². The Morgan fingerprint density at radius 1 is 1.18 bits per heavy atom. The van der Waals surface area contributed by atoms with E-state index in [0.29, 0.717) is 13.1 Å². The molecule has 1 aromatic rings. The maximum Gasteiger partial charge on any atom is 0.257 e. The molecule has 0 N–H and O–H groups in total. The topological polar surface area (TPSA) is 62.1 Å². The Morgan fingerprint density at radius 2 is 1.94 bits per heavy atom. The average molecular weight is 229 g/mol. The van der Waals surface area contributed by atoms with Crippen molar-refractivity contribution in [1.29, 1.82) is 0 Å². The lowest BCUT2D eigenvalue weighted by Crippen LogP contribution is -2.31. The highest BCUT2D eigenvalue weighted by molar-refractivity contribution is 6.07. The van der Waals surface area contributed by atoms with Crippen LogP contribution in [0, 0.1) is 5.92 Å². The van der Waals surface area contributed by atoms with Gasteiger partial charge in [-0.25, -0.2) is 0 Å². The predicted molar refractivity (Wildman–Crippen MR) is 59.0 cm³/mol. The maximum absolute atomic E-state index is 12.0. The number of benzene rings is 1. The zero-order chi connectivity index (χ0) is 11.8. The quantitative estimate of drug-likeness (QED) is 0.710. The first-order valence-electron chi connectivity index (χ1n) is 5.53. The predicted octanol–water partition coefficient (Wildman–Crippen LogP) is 1.01. The van der Waals surface area contributed by atoms with Gasteiger partial charge in [-0.1, -0.05) is 30.3 Å². The molecule has 0 aliphatic carbocycles. The summed E-state index contributed by atoms with van der Waals surface area (Å²) in [6.07, 6.45) is 0. The van der Waals surface area contributed by atoms with Gasteiger partial charge in [0.2, 0.25) is 5.91 Å². The maximum atomic E-state index is 12.0. The minimum Gasteiger partial charge on any atom is -0.276 e. The standard InChI is InChI=1S/C12H11N3O2/c16-11-9-6-13-14-10(9)12(17)15(11)7-8-4-2-1-3-5-8/h1-5,9-10H,6-7H2. The van der Waals surface area contributed by atoms with Crippen LogP contribution >= 0.6 is 0 Å². The van der Waals surface area contributed by atoms with Crippen LogP contribution in [0.2, 0.25) is 0 Å². The van der Waals surface area contributed by atoms with Gasteiger partial charge >= 0.3 is 0 Å². The Balaban J connectivity index is 1.83. The van der Waals surface area contributed by atoms with Crippen molar-refractivity contribution in [3.05, 3.63) is 35.9 Å². The Morgan fingerprint density at radius 3 is 2.65 bits per heavy atom. The lowest BCUT2D eigenvalue weighted by molar-refractivity contribution is -0.140. The highest BCUT2D eigenvalue weighted by Gasteiger charge is 2.50. The summed E-state index contributed by atoms with van der Waals surface area (Å²) in [6.45, 7) is 0.682. The minimum atomic E-state index is -0.564. The summed E-state index contributed by atoms with van der Waals surface area (Å²) < 4.78 is 0. The Bertz CT molecular complexity index is 498. The van der Waals surface area contributed by atoms with Crippen molar-refractivity contribution < 1.29 is 9.59 Å². The van der Waals surface area contributed by atoms with Gasteiger partial charge in [0.15, 0.2) is 6.04 Å². The van der Waals surface area contributed by atoms with E-state index in [4.69, 9.17) is 0 Å². The van der Waals surface area contributed by atoms with Gasteiger partial charge in [0.25, 0.3) is 5.91 Å². The summed E-state index contributed by atoms with van der Waals surface area (Å²) in [5, 5.41) is 7.60. The molecule has 2 unspecified atom stereocenters. The number of likely N-dealkylation sites (tertiary alicyclic amines) is 1. The SMILES string of the molecule is O=C1C2CN=NC2C(=O)N1Cc1ccccc1. The number of carbonyl (C=O) groups excluding carboxylic acids is 2. The van der Waals surface area contributed by atoms with Gasteiger partial charge in [-0.15, -0.1) is 0 Å². The molecule has 0 radical (unpaired) electrons. The Hall–Kier alpha value is -2.04. The van der Waals surface area contributed by atoms with Crippen molar-refractivity contribution in [1.82, 2.24) is 4.90 Å². The largest absolute Gasteiger partial charge is 0.276 e. The van der Waals surface area contributed by atoms with Crippen LogP contribution in [0.5, 0.6) is 0 Å². The number of hydrogen-bond donors (Lipinski definition) is 0. The van der Waals surface area contributed by atoms with E-state index in [9.17, 15) is 9.59 Å². The highest BCUT2D eigenvalue weighted by atomic mass is 16.2. The normalized spacial score (nSPS) is 26.7. The number of carbonyl (C=O) groups is 2. The van der Waals surface area contributed by atoms with Crippen LogP contribution in [0.25, 0.3) is 0 Å². The van der Waals surface area contributed by atoms with Crippen molar-refractivity contribution in [2.45, 2.75) is 12.6 Å². The van der Waals surface area contributed by atoms with E-state index in [1.165, 1.54) is 4.90 Å². The number of rotatable bonds is 2. The molecule has 2 heterocycles. The number of fused-ring (bicyclic) bond motifs is 1. The molecule has 2 amide bonds. The van der Waals surface area contributed by atoms with Crippen molar-refractivity contribution in [3.63, 3.8) is 0 Å². The van der Waals surface area contributed by atoms with Crippen LogP contribution in [0.4, 0.5) is 0 Å². The third-order valence-corrected chi connectivity index (χ3v) is 3.15. The summed E-state index contributed by atoms with van der Waals surface area (Å²) in [4.78, 5) is 25.2. The third kappa shape index (κ3) is 1.54. The molecular formula is C12H11N3O2. The molecule has 3 rings (SSSR count). The number of hydrogen-bond acceptors (Lipinski definition) is 4. The second-order valence-corrected chi connectivity index (χ2v) is 4.24. The molecule has 2 aliphatic rings. The first-order valence-corrected chi connectivity index (χ1v) is 5.53. The number of nitrogens with zero attached hydrogens (tertiary/aromatic N) is 3. The van der Waals surface area contributed by atoms with Gasteiger partial charge < -0.3 is 0 Å². The molecule has 2 atom stereocenters. The molecule has 17 heavy (non-hydrogen) atoms. The Kier molecular flexibility index (Phi) is 2.24. The Labute approximate surface area is 98.1 Å². The molecule has 1 aromatic carbocycles. The van der Waals surface area contributed by atoms with Gasteiger partial charge in [0, 0.05) is 0 Å². The molecule has 1 saturated heterocycles. The fourth-order valence-electron chi connectivity index (χ4n) is 2.23. The van der Waals surface area contributed by atoms with Gasteiger partial charge in [-0.3, -0.25) is 14.5 Å². The second-order valence-electron chi connectivity index (χ2n) is 4.24. The van der Waals surface area contributed by atoms with E-state index in [0.717, 1.165) is 5.56 Å². The van der Waals surface area contributed by atoms with Gasteiger partial charge in [-0.05, 0) is 5.56 Å². The fourth-order valence-corrected chi connectivity index (χ4v) is 2.23. The smallest absolute Gasteiger partial charge is 0.257 e. The molecule has 0 aromatic heterocycles. The first kappa shape index (κ1) is 10.1. The van der Waals surface area contributed by atoms with E-state index >= 15 is 0 Å². The molecule has 1 fully saturated rings. The first-order chi connectivity index (χ1) is 8.27. The monoisotopic (exact) mass is 229 g/mol. The van der Waals surface area contributed by atoms with Gasteiger partial charge in [-0.2, -0.15) is 10.2 Å². The van der Waals surface area contributed by atoms with E-state index in [1.807, 2.05) is 30.3 Å². The lowest BCUT2D eigenvalue weighted by Gasteiger charge is -2.14. The zero-order valence-electron chi connectivity index (χ0n) is 9.11. The fraction of sp³-hybridized carbons (Fsp3) is 0.333. The van der Waals surface area contributed by atoms with Crippen LogP contribution in [0.3, 0.4) is 0 Å². The van der Waals surface area contributed by atoms with Gasteiger partial charge in [0.05, 0.1) is 19.0 Å². The van der Waals surface area contributed by atoms with Crippen LogP contribution < -0.4 is 0 Å². The summed E-state index contributed by atoms with van der Waals surface area (Å²) in [5.74, 6) is -0.717. The number of amides is 2. The number of imide groups is 1. The van der Waals surface area contributed by atoms with E-state index in [-0.39, 0.29) is 17.7 Å². The molecular weight excluding hydrogens is 218 g/mol. The molecule has 0 saturated carbocycles. The van der Waals surface area contributed by atoms with E-state index < -0.39 is 6.04 Å². The average Bonchev–Trinajstić information content (AvgIpc) is 2.91. The molecule has 5 heteroatoms. The van der Waals surface area contributed by atoms with Crippen molar-refractivity contribution in [2.24, 2.45) is 16.1 Å². The summed E-state index contributed by atoms with van der Waals surface area (Å²) >= 11 is 0. The van der Waals surface area contributed by atoms with E-state index in [1.54, 1.807) is 0 Å². The molecule has 0 spiro atoms. The molecule has 86 valence electrons. The molecule has 0 bridgehead atoms. The zero-order valence-corrected chi connectivity index (χ0v) is 9.11. The van der Waals surface area contributed by atoms with Crippen molar-refractivity contribution >= 4 is 11.8 Å². The summed E-state index contributed by atoms with van der Waals surface area (Å²) in [7, 11) is 0. The highest BCUT2D eigenvalue weighted by Crippen LogP contribution is 2.29. The van der Waals surface area contributed by atoms with Crippen LogP contribution in [-0.2, 0) is 16.1 Å². The third-order valence-electron chi connectivity index (χ3n) is 3.15. The second kappa shape index (κ2) is 3.76. The van der Waals surface area contributed by atoms with Crippen molar-refractivity contribution in [2.75, 3.05) is 6.54 Å². The number of azo groups is 1. The summed E-state index contributed by atoms with van der Waals surface area (Å²) in [5.41, 5.74) is 0.950. The molecule has 5 nitrogen and oxygen atoms in total. The van der Waals surface area contributed by atoms with Crippen molar-refractivity contribution in [3.8, 4) is 0 Å². The lowest BCUT2D eigenvalue weighted by atomic mass is 10.1. The van der Waals surface area contributed by atoms with Crippen LogP contribution in [0.15, 0.2) is 40.6 Å².